The van der Waals surface area contributed by atoms with Gasteiger partial charge in [0, 0.05) is 17.8 Å². The van der Waals surface area contributed by atoms with Gasteiger partial charge in [-0.1, -0.05) is 49.1 Å². The summed E-state index contributed by atoms with van der Waals surface area (Å²) in [5, 5.41) is 0. The van der Waals surface area contributed by atoms with Crippen LogP contribution >= 0.6 is 0 Å². The Morgan fingerprint density at radius 2 is 1.89 bits per heavy atom. The molecule has 0 N–H and O–H groups in total. The SMILES string of the molecule is C=C(C1CC1)N(C/C=C/c1ccccc1)C(C)(C)C. The van der Waals surface area contributed by atoms with Crippen molar-refractivity contribution < 1.29 is 0 Å². The van der Waals surface area contributed by atoms with E-state index in [0.29, 0.717) is 0 Å². The summed E-state index contributed by atoms with van der Waals surface area (Å²) in [5.41, 5.74) is 2.71. The third kappa shape index (κ3) is 3.99. The third-order valence-electron chi connectivity index (χ3n) is 3.60. The van der Waals surface area contributed by atoms with Crippen LogP contribution in [0.2, 0.25) is 0 Å². The van der Waals surface area contributed by atoms with Gasteiger partial charge in [0.2, 0.25) is 0 Å². The molecule has 1 aromatic carbocycles. The smallest absolute Gasteiger partial charge is 0.0365 e. The number of allylic oxidation sites excluding steroid dienone is 1. The summed E-state index contributed by atoms with van der Waals surface area (Å²) >= 11 is 0. The van der Waals surface area contributed by atoms with Crippen molar-refractivity contribution in [3.8, 4) is 0 Å². The fourth-order valence-electron chi connectivity index (χ4n) is 2.32. The molecule has 102 valence electrons. The molecule has 0 amide bonds. The summed E-state index contributed by atoms with van der Waals surface area (Å²) in [4.78, 5) is 2.43. The number of nitrogens with zero attached hydrogens (tertiary/aromatic N) is 1. The van der Waals surface area contributed by atoms with Crippen LogP contribution in [0.3, 0.4) is 0 Å². The van der Waals surface area contributed by atoms with Gasteiger partial charge in [0.1, 0.15) is 0 Å². The predicted molar refractivity (Wildman–Crippen MR) is 83.8 cm³/mol. The summed E-state index contributed by atoms with van der Waals surface area (Å²) in [5.74, 6) is 0.726. The molecule has 2 rings (SSSR count). The lowest BCUT2D eigenvalue weighted by atomic mass is 10.0. The minimum Gasteiger partial charge on any atom is -0.366 e. The molecule has 0 atom stereocenters. The number of hydrogen-bond acceptors (Lipinski definition) is 1. The molecule has 0 bridgehead atoms. The van der Waals surface area contributed by atoms with Gasteiger partial charge in [-0.15, -0.1) is 0 Å². The van der Waals surface area contributed by atoms with Crippen molar-refractivity contribution in [2.75, 3.05) is 6.54 Å². The average Bonchev–Trinajstić information content (AvgIpc) is 3.18. The highest BCUT2D eigenvalue weighted by Crippen LogP contribution is 2.39. The van der Waals surface area contributed by atoms with Crippen LogP contribution in [-0.2, 0) is 0 Å². The molecule has 0 unspecified atom stereocenters. The maximum atomic E-state index is 4.30. The zero-order valence-electron chi connectivity index (χ0n) is 12.4. The van der Waals surface area contributed by atoms with Crippen molar-refractivity contribution in [2.24, 2.45) is 5.92 Å². The lowest BCUT2D eigenvalue weighted by molar-refractivity contribution is 0.196. The van der Waals surface area contributed by atoms with Crippen molar-refractivity contribution in [1.82, 2.24) is 4.90 Å². The standard InChI is InChI=1S/C18H25N/c1-15(17-12-13-17)19(18(2,3)4)14-8-11-16-9-6-5-7-10-16/h5-11,17H,1,12-14H2,2-4H3/b11-8+. The van der Waals surface area contributed by atoms with E-state index >= 15 is 0 Å². The number of hydrogen-bond donors (Lipinski definition) is 0. The molecule has 1 aliphatic rings. The van der Waals surface area contributed by atoms with Crippen molar-refractivity contribution in [3.05, 3.63) is 54.2 Å². The Morgan fingerprint density at radius 3 is 2.42 bits per heavy atom. The molecule has 1 aromatic rings. The molecule has 1 aliphatic carbocycles. The summed E-state index contributed by atoms with van der Waals surface area (Å²) < 4.78 is 0. The first-order valence-corrected chi connectivity index (χ1v) is 7.16. The van der Waals surface area contributed by atoms with Crippen LogP contribution in [0.1, 0.15) is 39.2 Å². The van der Waals surface area contributed by atoms with Gasteiger partial charge in [-0.25, -0.2) is 0 Å². The first-order valence-electron chi connectivity index (χ1n) is 7.16. The summed E-state index contributed by atoms with van der Waals surface area (Å²) in [6, 6.07) is 10.5. The third-order valence-corrected chi connectivity index (χ3v) is 3.60. The quantitative estimate of drug-likeness (QED) is 0.735. The van der Waals surface area contributed by atoms with Crippen molar-refractivity contribution in [1.29, 1.82) is 0 Å². The highest BCUT2D eigenvalue weighted by molar-refractivity contribution is 5.48. The molecule has 0 aliphatic heterocycles. The number of benzene rings is 1. The van der Waals surface area contributed by atoms with Crippen molar-refractivity contribution in [2.45, 2.75) is 39.2 Å². The van der Waals surface area contributed by atoms with Gasteiger partial charge >= 0.3 is 0 Å². The summed E-state index contributed by atoms with van der Waals surface area (Å²) in [6.45, 7) is 12.0. The van der Waals surface area contributed by atoms with Crippen LogP contribution in [0.5, 0.6) is 0 Å². The average molecular weight is 255 g/mol. The van der Waals surface area contributed by atoms with Gasteiger partial charge in [0.05, 0.1) is 0 Å². The first-order chi connectivity index (χ1) is 8.98. The number of rotatable bonds is 5. The Morgan fingerprint density at radius 1 is 1.26 bits per heavy atom. The van der Waals surface area contributed by atoms with Gasteiger partial charge in [0.15, 0.2) is 0 Å². The van der Waals surface area contributed by atoms with Crippen LogP contribution in [0, 0.1) is 5.92 Å². The van der Waals surface area contributed by atoms with E-state index in [-0.39, 0.29) is 5.54 Å². The zero-order valence-corrected chi connectivity index (χ0v) is 12.4. The van der Waals surface area contributed by atoms with E-state index in [1.165, 1.54) is 24.1 Å². The molecule has 1 saturated carbocycles. The van der Waals surface area contributed by atoms with Crippen LogP contribution in [0.15, 0.2) is 48.7 Å². The molecule has 0 saturated heterocycles. The molecular weight excluding hydrogens is 230 g/mol. The molecule has 1 fully saturated rings. The van der Waals surface area contributed by atoms with Crippen LogP contribution in [-0.4, -0.2) is 17.0 Å². The normalized spacial score (nSPS) is 15.7. The van der Waals surface area contributed by atoms with Gasteiger partial charge in [-0.3, -0.25) is 0 Å². The molecule has 0 aromatic heterocycles. The molecule has 0 spiro atoms. The maximum Gasteiger partial charge on any atom is 0.0365 e. The second-order valence-electron chi connectivity index (χ2n) is 6.36. The molecule has 1 heteroatoms. The largest absolute Gasteiger partial charge is 0.366 e. The van der Waals surface area contributed by atoms with Gasteiger partial charge < -0.3 is 4.90 Å². The minimum absolute atomic E-state index is 0.140. The Bertz CT molecular complexity index is 446. The van der Waals surface area contributed by atoms with E-state index in [9.17, 15) is 0 Å². The Balaban J connectivity index is 2.00. The van der Waals surface area contributed by atoms with Crippen LogP contribution in [0.4, 0.5) is 0 Å². The van der Waals surface area contributed by atoms with Crippen LogP contribution < -0.4 is 0 Å². The zero-order chi connectivity index (χ0) is 13.9. The summed E-state index contributed by atoms with van der Waals surface area (Å²) in [7, 11) is 0. The fourth-order valence-corrected chi connectivity index (χ4v) is 2.32. The van der Waals surface area contributed by atoms with E-state index in [2.05, 4.69) is 68.7 Å². The van der Waals surface area contributed by atoms with E-state index < -0.39 is 0 Å². The second-order valence-corrected chi connectivity index (χ2v) is 6.36. The molecule has 0 heterocycles. The van der Waals surface area contributed by atoms with E-state index in [0.717, 1.165) is 12.5 Å². The van der Waals surface area contributed by atoms with Crippen molar-refractivity contribution >= 4 is 6.08 Å². The van der Waals surface area contributed by atoms with Gasteiger partial charge in [-0.2, -0.15) is 0 Å². The molecule has 0 radical (unpaired) electrons. The van der Waals surface area contributed by atoms with Crippen molar-refractivity contribution in [3.63, 3.8) is 0 Å². The minimum atomic E-state index is 0.140. The lowest BCUT2D eigenvalue weighted by Gasteiger charge is -2.38. The highest BCUT2D eigenvalue weighted by Gasteiger charge is 2.32. The Hall–Kier alpha value is -1.50. The fraction of sp³-hybridized carbons (Fsp3) is 0.444. The molecule has 1 nitrogen and oxygen atoms in total. The van der Waals surface area contributed by atoms with Crippen LogP contribution in [0.25, 0.3) is 6.08 Å². The van der Waals surface area contributed by atoms with Gasteiger partial charge in [0.25, 0.3) is 0 Å². The lowest BCUT2D eigenvalue weighted by Crippen LogP contribution is -2.41. The van der Waals surface area contributed by atoms with E-state index in [4.69, 9.17) is 0 Å². The monoisotopic (exact) mass is 255 g/mol. The van der Waals surface area contributed by atoms with E-state index in [1.807, 2.05) is 6.07 Å². The van der Waals surface area contributed by atoms with E-state index in [1.54, 1.807) is 0 Å². The second kappa shape index (κ2) is 5.64. The first kappa shape index (κ1) is 13.9. The van der Waals surface area contributed by atoms with Gasteiger partial charge in [-0.05, 0) is 45.1 Å². The Kier molecular flexibility index (Phi) is 4.14. The highest BCUT2D eigenvalue weighted by atomic mass is 15.2. The predicted octanol–water partition coefficient (Wildman–Crippen LogP) is 4.72. The summed E-state index contributed by atoms with van der Waals surface area (Å²) in [6.07, 6.45) is 7.06. The molecular formula is C18H25N. The molecule has 19 heavy (non-hydrogen) atoms. The topological polar surface area (TPSA) is 3.24 Å². The Labute approximate surface area is 117 Å². The maximum absolute atomic E-state index is 4.30.